The zero-order valence-corrected chi connectivity index (χ0v) is 18.8. The number of carbonyl (C=O) groups excluding carboxylic acids is 4. The molecule has 2 aromatic rings. The monoisotopic (exact) mass is 454 g/mol. The first-order valence-corrected chi connectivity index (χ1v) is 11.5. The largest absolute Gasteiger partial charge is 0.469 e. The van der Waals surface area contributed by atoms with Crippen LogP contribution in [0.5, 0.6) is 0 Å². The molecule has 2 N–H and O–H groups in total. The van der Waals surface area contributed by atoms with E-state index in [1.165, 1.54) is 12.0 Å². The Morgan fingerprint density at radius 1 is 1.15 bits per heavy atom. The van der Waals surface area contributed by atoms with Gasteiger partial charge in [-0.1, -0.05) is 18.2 Å². The molecule has 1 aromatic heterocycles. The molecule has 0 bridgehead atoms. The second kappa shape index (κ2) is 10.1. The highest BCUT2D eigenvalue weighted by atomic mass is 16.5. The molecule has 0 aliphatic carbocycles. The summed E-state index contributed by atoms with van der Waals surface area (Å²) in [6, 6.07) is 6.85. The molecule has 0 saturated carbocycles. The van der Waals surface area contributed by atoms with Gasteiger partial charge < -0.3 is 19.9 Å². The number of nitrogens with zero attached hydrogens (tertiary/aromatic N) is 2. The number of carbonyl (C=O) groups is 4. The summed E-state index contributed by atoms with van der Waals surface area (Å²) >= 11 is 0. The fraction of sp³-hybridized carbons (Fsp3) is 0.500. The van der Waals surface area contributed by atoms with E-state index in [4.69, 9.17) is 4.74 Å². The van der Waals surface area contributed by atoms with Crippen LogP contribution in [0.25, 0.3) is 10.9 Å². The third-order valence-corrected chi connectivity index (χ3v) is 6.68. The molecule has 0 radical (unpaired) electrons. The lowest BCUT2D eigenvalue weighted by Gasteiger charge is -2.31. The van der Waals surface area contributed by atoms with Crippen molar-refractivity contribution in [2.24, 2.45) is 5.92 Å². The Labute approximate surface area is 192 Å². The number of fused-ring (bicyclic) bond motifs is 1. The number of rotatable bonds is 8. The maximum absolute atomic E-state index is 12.8. The maximum atomic E-state index is 12.8. The van der Waals surface area contributed by atoms with Crippen molar-refractivity contribution in [3.8, 4) is 0 Å². The van der Waals surface area contributed by atoms with Crippen molar-refractivity contribution in [1.82, 2.24) is 20.1 Å². The molecule has 4 rings (SSSR count). The van der Waals surface area contributed by atoms with Gasteiger partial charge in [0.1, 0.15) is 6.04 Å². The summed E-state index contributed by atoms with van der Waals surface area (Å²) in [5.74, 6) is -0.275. The van der Waals surface area contributed by atoms with Crippen LogP contribution in [0.3, 0.4) is 0 Å². The van der Waals surface area contributed by atoms with Gasteiger partial charge in [0.15, 0.2) is 0 Å². The first kappa shape index (κ1) is 22.8. The summed E-state index contributed by atoms with van der Waals surface area (Å²) in [7, 11) is 1.38. The van der Waals surface area contributed by atoms with Gasteiger partial charge in [0.05, 0.1) is 7.11 Å². The predicted molar refractivity (Wildman–Crippen MR) is 121 cm³/mol. The van der Waals surface area contributed by atoms with E-state index in [1.807, 2.05) is 30.5 Å². The molecule has 1 unspecified atom stereocenters. The number of esters is 1. The number of imide groups is 1. The summed E-state index contributed by atoms with van der Waals surface area (Å²) in [5.41, 5.74) is 2.08. The minimum absolute atomic E-state index is 0.0224. The van der Waals surface area contributed by atoms with E-state index in [0.29, 0.717) is 32.5 Å². The van der Waals surface area contributed by atoms with Crippen LogP contribution in [0.2, 0.25) is 0 Å². The number of hydrogen-bond donors (Lipinski definition) is 2. The normalized spacial score (nSPS) is 19.2. The molecule has 2 fully saturated rings. The maximum Gasteiger partial charge on any atom is 0.324 e. The van der Waals surface area contributed by atoms with E-state index in [9.17, 15) is 19.2 Å². The van der Waals surface area contributed by atoms with Gasteiger partial charge in [0.25, 0.3) is 5.91 Å². The van der Waals surface area contributed by atoms with Gasteiger partial charge in [-0.25, -0.2) is 4.79 Å². The van der Waals surface area contributed by atoms with Gasteiger partial charge in [0, 0.05) is 49.6 Å². The molecule has 33 heavy (non-hydrogen) atoms. The highest BCUT2D eigenvalue weighted by molar-refractivity contribution is 6.04. The van der Waals surface area contributed by atoms with Crippen LogP contribution in [0.1, 0.15) is 37.7 Å². The number of hydrogen-bond acceptors (Lipinski definition) is 5. The number of methoxy groups -OCH3 is 1. The minimum Gasteiger partial charge on any atom is -0.469 e. The molecule has 1 aromatic carbocycles. The fourth-order valence-corrected chi connectivity index (χ4v) is 4.69. The van der Waals surface area contributed by atoms with E-state index >= 15 is 0 Å². The van der Waals surface area contributed by atoms with Crippen molar-refractivity contribution in [3.63, 3.8) is 0 Å². The van der Waals surface area contributed by atoms with Crippen molar-refractivity contribution < 1.29 is 23.9 Å². The molecular formula is C24H30N4O5. The van der Waals surface area contributed by atoms with Gasteiger partial charge in [-0.2, -0.15) is 0 Å². The van der Waals surface area contributed by atoms with E-state index in [-0.39, 0.29) is 36.5 Å². The summed E-state index contributed by atoms with van der Waals surface area (Å²) in [6.45, 7) is 1.50. The lowest BCUT2D eigenvalue weighted by Crippen LogP contribution is -2.40. The number of para-hydroxylation sites is 1. The standard InChI is InChI=1S/C24H30N4O5/c1-33-22(30)14-16-8-11-27(12-9-16)21(29)7-6-20-23(31)28(24(32)26-20)13-10-17-15-25-19-5-3-2-4-18(17)19/h2-5,15-16,20,25H,6-14H2,1H3,(H,26,32). The van der Waals surface area contributed by atoms with Crippen LogP contribution < -0.4 is 5.32 Å². The van der Waals surface area contributed by atoms with Gasteiger partial charge in [0.2, 0.25) is 5.91 Å². The number of likely N-dealkylation sites (tertiary alicyclic amines) is 1. The molecule has 2 aliphatic rings. The lowest BCUT2D eigenvalue weighted by atomic mass is 9.93. The van der Waals surface area contributed by atoms with Crippen LogP contribution in [0.4, 0.5) is 4.79 Å². The number of ether oxygens (including phenoxy) is 1. The van der Waals surface area contributed by atoms with E-state index < -0.39 is 12.1 Å². The Morgan fingerprint density at radius 2 is 1.91 bits per heavy atom. The second-order valence-corrected chi connectivity index (χ2v) is 8.74. The quantitative estimate of drug-likeness (QED) is 0.469. The van der Waals surface area contributed by atoms with Gasteiger partial charge in [-0.05, 0) is 43.2 Å². The summed E-state index contributed by atoms with van der Waals surface area (Å²) in [5, 5.41) is 3.81. The number of amides is 4. The van der Waals surface area contributed by atoms with E-state index in [0.717, 1.165) is 29.3 Å². The Balaban J connectivity index is 1.23. The second-order valence-electron chi connectivity index (χ2n) is 8.74. The molecule has 176 valence electrons. The van der Waals surface area contributed by atoms with Crippen molar-refractivity contribution in [2.45, 2.75) is 44.6 Å². The average Bonchev–Trinajstić information content (AvgIpc) is 3.36. The number of benzene rings is 1. The first-order valence-electron chi connectivity index (χ1n) is 11.5. The zero-order valence-electron chi connectivity index (χ0n) is 18.8. The Morgan fingerprint density at radius 3 is 2.67 bits per heavy atom. The van der Waals surface area contributed by atoms with Crippen molar-refractivity contribution in [3.05, 3.63) is 36.0 Å². The number of urea groups is 1. The van der Waals surface area contributed by atoms with Gasteiger partial charge in [-0.3, -0.25) is 19.3 Å². The first-order chi connectivity index (χ1) is 16.0. The highest BCUT2D eigenvalue weighted by Gasteiger charge is 2.38. The smallest absolute Gasteiger partial charge is 0.324 e. The molecule has 3 heterocycles. The number of piperidine rings is 1. The SMILES string of the molecule is COC(=O)CC1CCN(C(=O)CCC2NC(=O)N(CCc3c[nH]c4ccccc34)C2=O)CC1. The highest BCUT2D eigenvalue weighted by Crippen LogP contribution is 2.23. The minimum atomic E-state index is -0.665. The number of nitrogens with one attached hydrogen (secondary N) is 2. The zero-order chi connectivity index (χ0) is 23.4. The van der Waals surface area contributed by atoms with E-state index in [1.54, 1.807) is 4.90 Å². The van der Waals surface area contributed by atoms with Crippen molar-refractivity contribution in [1.29, 1.82) is 0 Å². The molecule has 2 saturated heterocycles. The average molecular weight is 455 g/mol. The molecule has 2 aliphatic heterocycles. The molecule has 4 amide bonds. The predicted octanol–water partition coefficient (Wildman–Crippen LogP) is 2.21. The Kier molecular flexibility index (Phi) is 6.96. The molecule has 0 spiro atoms. The summed E-state index contributed by atoms with van der Waals surface area (Å²) in [4.78, 5) is 55.4. The van der Waals surface area contributed by atoms with Gasteiger partial charge in [-0.15, -0.1) is 0 Å². The Bertz CT molecular complexity index is 1040. The lowest BCUT2D eigenvalue weighted by molar-refractivity contribution is -0.142. The van der Waals surface area contributed by atoms with Crippen LogP contribution in [-0.4, -0.2) is 71.4 Å². The van der Waals surface area contributed by atoms with Crippen molar-refractivity contribution >= 4 is 34.7 Å². The summed E-state index contributed by atoms with van der Waals surface area (Å²) < 4.78 is 4.72. The molecule has 1 atom stereocenters. The molecular weight excluding hydrogens is 424 g/mol. The van der Waals surface area contributed by atoms with Crippen LogP contribution in [0.15, 0.2) is 30.5 Å². The third-order valence-electron chi connectivity index (χ3n) is 6.68. The number of aromatic nitrogens is 1. The van der Waals surface area contributed by atoms with Gasteiger partial charge >= 0.3 is 12.0 Å². The molecule has 9 nitrogen and oxygen atoms in total. The summed E-state index contributed by atoms with van der Waals surface area (Å²) in [6.07, 6.45) is 4.88. The topological polar surface area (TPSA) is 112 Å². The van der Waals surface area contributed by atoms with Crippen molar-refractivity contribution in [2.75, 3.05) is 26.7 Å². The third kappa shape index (κ3) is 5.18. The van der Waals surface area contributed by atoms with Crippen LogP contribution in [0, 0.1) is 5.92 Å². The fourth-order valence-electron chi connectivity index (χ4n) is 4.69. The number of H-pyrrole nitrogens is 1. The number of aromatic amines is 1. The van der Waals surface area contributed by atoms with Crippen LogP contribution in [-0.2, 0) is 25.5 Å². The molecule has 9 heteroatoms. The Hall–Kier alpha value is -3.36. The van der Waals surface area contributed by atoms with Crippen LogP contribution >= 0.6 is 0 Å². The van der Waals surface area contributed by atoms with E-state index in [2.05, 4.69) is 10.3 Å².